The van der Waals surface area contributed by atoms with Gasteiger partial charge in [0.15, 0.2) is 11.5 Å². The van der Waals surface area contributed by atoms with Crippen LogP contribution in [0.2, 0.25) is 5.02 Å². The highest BCUT2D eigenvalue weighted by atomic mass is 35.5. The van der Waals surface area contributed by atoms with Crippen molar-refractivity contribution < 1.29 is 13.9 Å². The van der Waals surface area contributed by atoms with Crippen molar-refractivity contribution in [3.8, 4) is 17.6 Å². The Morgan fingerprint density at radius 2 is 2.00 bits per heavy atom. The third-order valence-electron chi connectivity index (χ3n) is 3.65. The van der Waals surface area contributed by atoms with Gasteiger partial charge in [-0.25, -0.2) is 4.39 Å². The van der Waals surface area contributed by atoms with Gasteiger partial charge in [0.1, 0.15) is 11.9 Å². The maximum Gasteiger partial charge on any atom is 0.185 e. The molecular formula is C18H13ClFN3O2. The summed E-state index contributed by atoms with van der Waals surface area (Å²) in [6.45, 7) is 0. The number of nitriles is 1. The summed E-state index contributed by atoms with van der Waals surface area (Å²) in [5, 5.41) is 13.0. The molecule has 0 aliphatic carbocycles. The molecule has 2 aromatic carbocycles. The normalized spacial score (nSPS) is 10.4. The van der Waals surface area contributed by atoms with Crippen molar-refractivity contribution >= 4 is 33.9 Å². The van der Waals surface area contributed by atoms with Crippen LogP contribution in [0, 0.1) is 17.1 Å². The number of halogens is 2. The van der Waals surface area contributed by atoms with Gasteiger partial charge >= 0.3 is 0 Å². The minimum Gasteiger partial charge on any atom is -0.493 e. The van der Waals surface area contributed by atoms with E-state index in [4.69, 9.17) is 26.3 Å². The molecular weight excluding hydrogens is 345 g/mol. The fourth-order valence-electron chi connectivity index (χ4n) is 2.49. The molecule has 0 unspecified atom stereocenters. The van der Waals surface area contributed by atoms with Crippen molar-refractivity contribution in [2.75, 3.05) is 19.5 Å². The van der Waals surface area contributed by atoms with E-state index >= 15 is 0 Å². The van der Waals surface area contributed by atoms with Gasteiger partial charge in [0, 0.05) is 22.7 Å². The molecule has 0 saturated carbocycles. The Hall–Kier alpha value is -3.04. The summed E-state index contributed by atoms with van der Waals surface area (Å²) in [6, 6.07) is 9.68. The molecule has 0 atom stereocenters. The molecule has 25 heavy (non-hydrogen) atoms. The van der Waals surface area contributed by atoms with Crippen LogP contribution in [0.5, 0.6) is 11.5 Å². The number of hydrogen-bond acceptors (Lipinski definition) is 5. The van der Waals surface area contributed by atoms with Gasteiger partial charge in [0.2, 0.25) is 0 Å². The number of aromatic nitrogens is 1. The monoisotopic (exact) mass is 357 g/mol. The van der Waals surface area contributed by atoms with Gasteiger partial charge in [-0.1, -0.05) is 11.6 Å². The fourth-order valence-corrected chi connectivity index (χ4v) is 2.65. The lowest BCUT2D eigenvalue weighted by atomic mass is 10.1. The van der Waals surface area contributed by atoms with Gasteiger partial charge in [-0.05, 0) is 24.3 Å². The first-order valence-corrected chi connectivity index (χ1v) is 7.62. The van der Waals surface area contributed by atoms with Gasteiger partial charge in [-0.15, -0.1) is 0 Å². The molecule has 1 N–H and O–H groups in total. The Bertz CT molecular complexity index is 1000. The molecule has 5 nitrogen and oxygen atoms in total. The second kappa shape index (κ2) is 6.83. The van der Waals surface area contributed by atoms with Gasteiger partial charge < -0.3 is 14.8 Å². The number of benzene rings is 2. The van der Waals surface area contributed by atoms with E-state index in [2.05, 4.69) is 10.3 Å². The molecule has 126 valence electrons. The lowest BCUT2D eigenvalue weighted by Gasteiger charge is -2.17. The summed E-state index contributed by atoms with van der Waals surface area (Å²) in [5.41, 5.74) is 1.61. The molecule has 0 radical (unpaired) electrons. The van der Waals surface area contributed by atoms with Crippen molar-refractivity contribution in [1.29, 1.82) is 5.26 Å². The first-order valence-electron chi connectivity index (χ1n) is 7.24. The third-order valence-corrected chi connectivity index (χ3v) is 3.89. The average Bonchev–Trinajstić information content (AvgIpc) is 2.62. The summed E-state index contributed by atoms with van der Waals surface area (Å²) >= 11 is 5.80. The summed E-state index contributed by atoms with van der Waals surface area (Å²) < 4.78 is 25.0. The first kappa shape index (κ1) is 16.8. The second-order valence-electron chi connectivity index (χ2n) is 5.14. The molecule has 7 heteroatoms. The Kier molecular flexibility index (Phi) is 4.59. The predicted octanol–water partition coefficient (Wildman–Crippen LogP) is 4.66. The van der Waals surface area contributed by atoms with Crippen molar-refractivity contribution in [1.82, 2.24) is 4.98 Å². The van der Waals surface area contributed by atoms with E-state index in [9.17, 15) is 4.39 Å². The Balaban J connectivity index is 2.27. The van der Waals surface area contributed by atoms with Crippen LogP contribution < -0.4 is 14.8 Å². The van der Waals surface area contributed by atoms with Gasteiger partial charge in [-0.3, -0.25) is 4.98 Å². The number of nitrogens with zero attached hydrogens (tertiary/aromatic N) is 2. The number of anilines is 2. The van der Waals surface area contributed by atoms with Crippen LogP contribution in [-0.2, 0) is 0 Å². The predicted molar refractivity (Wildman–Crippen MR) is 94.3 cm³/mol. The molecule has 0 fully saturated rings. The first-order chi connectivity index (χ1) is 12.1. The smallest absolute Gasteiger partial charge is 0.185 e. The number of hydrogen-bond donors (Lipinski definition) is 1. The molecule has 0 bridgehead atoms. The molecule has 3 aromatic rings. The summed E-state index contributed by atoms with van der Waals surface area (Å²) in [6.07, 6.45) is 1.46. The lowest BCUT2D eigenvalue weighted by Crippen LogP contribution is -2.01. The van der Waals surface area contributed by atoms with E-state index in [1.165, 1.54) is 32.5 Å². The molecule has 0 saturated heterocycles. The van der Waals surface area contributed by atoms with E-state index in [1.807, 2.05) is 6.07 Å². The van der Waals surface area contributed by atoms with Gasteiger partial charge in [0.25, 0.3) is 0 Å². The summed E-state index contributed by atoms with van der Waals surface area (Å²) in [4.78, 5) is 4.26. The Labute approximate surface area is 148 Å². The Morgan fingerprint density at radius 1 is 1.20 bits per heavy atom. The molecule has 0 aliphatic rings. The summed E-state index contributed by atoms with van der Waals surface area (Å²) in [5.74, 6) is 0.292. The highest BCUT2D eigenvalue weighted by Gasteiger charge is 2.18. The average molecular weight is 358 g/mol. The highest BCUT2D eigenvalue weighted by molar-refractivity contribution is 6.30. The number of rotatable bonds is 4. The van der Waals surface area contributed by atoms with Crippen LogP contribution in [0.4, 0.5) is 15.8 Å². The van der Waals surface area contributed by atoms with Crippen molar-refractivity contribution in [2.24, 2.45) is 0 Å². The molecule has 1 aromatic heterocycles. The van der Waals surface area contributed by atoms with E-state index in [0.29, 0.717) is 38.7 Å². The van der Waals surface area contributed by atoms with Gasteiger partial charge in [-0.2, -0.15) is 5.26 Å². The van der Waals surface area contributed by atoms with Crippen molar-refractivity contribution in [3.63, 3.8) is 0 Å². The minimum absolute atomic E-state index is 0.208. The zero-order valence-electron chi connectivity index (χ0n) is 13.4. The molecule has 0 aliphatic heterocycles. The maximum absolute atomic E-state index is 14.2. The number of nitrogens with one attached hydrogen (secondary N) is 1. The largest absolute Gasteiger partial charge is 0.493 e. The van der Waals surface area contributed by atoms with Gasteiger partial charge in [0.05, 0.1) is 36.7 Å². The quantitative estimate of drug-likeness (QED) is 0.735. The maximum atomic E-state index is 14.2. The van der Waals surface area contributed by atoms with Crippen LogP contribution in [0.15, 0.2) is 36.5 Å². The van der Waals surface area contributed by atoms with Crippen LogP contribution in [-0.4, -0.2) is 19.2 Å². The molecule has 3 rings (SSSR count). The number of methoxy groups -OCH3 is 2. The van der Waals surface area contributed by atoms with E-state index in [-0.39, 0.29) is 5.69 Å². The number of pyridine rings is 1. The fraction of sp³-hybridized carbons (Fsp3) is 0.111. The zero-order valence-corrected chi connectivity index (χ0v) is 14.2. The Morgan fingerprint density at radius 3 is 2.64 bits per heavy atom. The zero-order chi connectivity index (χ0) is 18.0. The van der Waals surface area contributed by atoms with Crippen LogP contribution >= 0.6 is 11.6 Å². The van der Waals surface area contributed by atoms with Crippen LogP contribution in [0.3, 0.4) is 0 Å². The SMILES string of the molecule is COc1cc2ncc(C#N)cc2c(Nc2ccc(Cl)cc2F)c1OC. The van der Waals surface area contributed by atoms with Crippen LogP contribution in [0.1, 0.15) is 5.56 Å². The second-order valence-corrected chi connectivity index (χ2v) is 5.58. The summed E-state index contributed by atoms with van der Waals surface area (Å²) in [7, 11) is 2.98. The topological polar surface area (TPSA) is 67.2 Å². The minimum atomic E-state index is -0.519. The molecule has 1 heterocycles. The number of ether oxygens (including phenoxy) is 2. The molecule has 0 spiro atoms. The lowest BCUT2D eigenvalue weighted by molar-refractivity contribution is 0.357. The highest BCUT2D eigenvalue weighted by Crippen LogP contribution is 2.43. The number of fused-ring (bicyclic) bond motifs is 1. The van der Waals surface area contributed by atoms with E-state index in [1.54, 1.807) is 18.2 Å². The van der Waals surface area contributed by atoms with Crippen molar-refractivity contribution in [3.05, 3.63) is 52.9 Å². The van der Waals surface area contributed by atoms with Crippen molar-refractivity contribution in [2.45, 2.75) is 0 Å². The third kappa shape index (κ3) is 3.14. The van der Waals surface area contributed by atoms with E-state index < -0.39 is 5.82 Å². The standard InChI is InChI=1S/C18H13ClFN3O2/c1-24-16-7-15-12(5-10(8-21)9-22-15)17(18(16)25-2)23-14-4-3-11(19)6-13(14)20/h3-7,9,23H,1-2H3. The van der Waals surface area contributed by atoms with E-state index in [0.717, 1.165) is 0 Å². The molecule has 0 amide bonds. The van der Waals surface area contributed by atoms with Crippen LogP contribution in [0.25, 0.3) is 10.9 Å².